The standard InChI is InChI=1S/C15H21F2N.C2H6/c1-11(2)13-4-3-12-5-7-18(10-15(16)17)8-6-14(12)9-13;1-2/h3-4,9,11,15H,5-8,10H2,1-2H3;1-2H3. The molecule has 0 saturated carbocycles. The summed E-state index contributed by atoms with van der Waals surface area (Å²) in [5.41, 5.74) is 4.02. The number of alkyl halides is 2. The van der Waals surface area contributed by atoms with Crippen LogP contribution in [0.2, 0.25) is 0 Å². The van der Waals surface area contributed by atoms with Gasteiger partial charge in [-0.2, -0.15) is 0 Å². The molecular weight excluding hydrogens is 256 g/mol. The lowest BCUT2D eigenvalue weighted by molar-refractivity contribution is 0.0904. The van der Waals surface area contributed by atoms with E-state index in [1.807, 2.05) is 18.7 Å². The quantitative estimate of drug-likeness (QED) is 0.789. The molecule has 1 nitrogen and oxygen atoms in total. The molecule has 0 fully saturated rings. The number of nitrogens with zero attached hydrogens (tertiary/aromatic N) is 1. The fourth-order valence-electron chi connectivity index (χ4n) is 2.53. The Bertz CT molecular complexity index is 402. The minimum atomic E-state index is -2.22. The van der Waals surface area contributed by atoms with Crippen molar-refractivity contribution in [2.24, 2.45) is 0 Å². The molecule has 0 spiro atoms. The van der Waals surface area contributed by atoms with E-state index < -0.39 is 6.43 Å². The molecule has 0 aliphatic carbocycles. The second-order valence-electron chi connectivity index (χ2n) is 5.37. The summed E-state index contributed by atoms with van der Waals surface area (Å²) in [6.45, 7) is 9.77. The molecule has 1 aliphatic heterocycles. The van der Waals surface area contributed by atoms with Gasteiger partial charge in [-0.05, 0) is 35.4 Å². The Morgan fingerprint density at radius 3 is 2.20 bits per heavy atom. The van der Waals surface area contributed by atoms with Gasteiger partial charge < -0.3 is 0 Å². The molecule has 3 heteroatoms. The van der Waals surface area contributed by atoms with E-state index in [2.05, 4.69) is 32.0 Å². The van der Waals surface area contributed by atoms with Gasteiger partial charge in [0.25, 0.3) is 6.43 Å². The molecule has 1 heterocycles. The highest BCUT2D eigenvalue weighted by Crippen LogP contribution is 2.22. The zero-order chi connectivity index (χ0) is 15.1. The Balaban J connectivity index is 0.000000956. The van der Waals surface area contributed by atoms with E-state index in [0.717, 1.165) is 25.9 Å². The molecule has 1 aliphatic rings. The van der Waals surface area contributed by atoms with Crippen LogP contribution in [-0.2, 0) is 12.8 Å². The number of halogens is 2. The molecule has 0 aromatic heterocycles. The highest BCUT2D eigenvalue weighted by atomic mass is 19.3. The SMILES string of the molecule is CC.CC(C)c1ccc2c(c1)CCN(CC(F)F)CC2. The maximum atomic E-state index is 12.4. The lowest BCUT2D eigenvalue weighted by Gasteiger charge is -2.18. The normalized spacial score (nSPS) is 15.6. The summed E-state index contributed by atoms with van der Waals surface area (Å²) in [6, 6.07) is 6.61. The molecule has 0 saturated heterocycles. The van der Waals surface area contributed by atoms with Crippen molar-refractivity contribution in [2.75, 3.05) is 19.6 Å². The molecule has 2 rings (SSSR count). The third kappa shape index (κ3) is 4.86. The summed E-state index contributed by atoms with van der Waals surface area (Å²) in [6.07, 6.45) is -0.444. The first-order chi connectivity index (χ1) is 9.56. The van der Waals surface area contributed by atoms with E-state index in [1.165, 1.54) is 16.7 Å². The average molecular weight is 283 g/mol. The molecule has 20 heavy (non-hydrogen) atoms. The van der Waals surface area contributed by atoms with Crippen molar-refractivity contribution >= 4 is 0 Å². The van der Waals surface area contributed by atoms with Gasteiger partial charge in [-0.1, -0.05) is 45.9 Å². The second kappa shape index (κ2) is 8.35. The van der Waals surface area contributed by atoms with Crippen LogP contribution >= 0.6 is 0 Å². The maximum Gasteiger partial charge on any atom is 0.251 e. The molecular formula is C17H27F2N. The van der Waals surface area contributed by atoms with Gasteiger partial charge in [0.1, 0.15) is 0 Å². The summed E-state index contributed by atoms with van der Waals surface area (Å²) in [5, 5.41) is 0. The van der Waals surface area contributed by atoms with Crippen molar-refractivity contribution in [3.05, 3.63) is 34.9 Å². The van der Waals surface area contributed by atoms with Crippen LogP contribution in [0.15, 0.2) is 18.2 Å². The minimum Gasteiger partial charge on any atom is -0.297 e. The van der Waals surface area contributed by atoms with Gasteiger partial charge in [0.2, 0.25) is 0 Å². The van der Waals surface area contributed by atoms with Crippen LogP contribution < -0.4 is 0 Å². The predicted octanol–water partition coefficient (Wildman–Crippen LogP) is 4.50. The molecule has 0 unspecified atom stereocenters. The van der Waals surface area contributed by atoms with Gasteiger partial charge in [0.15, 0.2) is 0 Å². The van der Waals surface area contributed by atoms with Crippen molar-refractivity contribution in [2.45, 2.75) is 52.9 Å². The van der Waals surface area contributed by atoms with Crippen molar-refractivity contribution < 1.29 is 8.78 Å². The third-order valence-electron chi connectivity index (χ3n) is 3.69. The van der Waals surface area contributed by atoms with Gasteiger partial charge in [-0.3, -0.25) is 4.90 Å². The lowest BCUT2D eigenvalue weighted by atomic mass is 9.95. The molecule has 0 bridgehead atoms. The summed E-state index contributed by atoms with van der Waals surface area (Å²) in [4.78, 5) is 1.87. The van der Waals surface area contributed by atoms with Gasteiger partial charge in [-0.15, -0.1) is 0 Å². The Labute approximate surface area is 122 Å². The van der Waals surface area contributed by atoms with Gasteiger partial charge in [0.05, 0.1) is 6.54 Å². The monoisotopic (exact) mass is 283 g/mol. The highest BCUT2D eigenvalue weighted by Gasteiger charge is 2.17. The highest BCUT2D eigenvalue weighted by molar-refractivity contribution is 5.34. The molecule has 114 valence electrons. The largest absolute Gasteiger partial charge is 0.297 e. The van der Waals surface area contributed by atoms with Crippen molar-refractivity contribution in [1.82, 2.24) is 4.90 Å². The van der Waals surface area contributed by atoms with Gasteiger partial charge in [0, 0.05) is 13.1 Å². The van der Waals surface area contributed by atoms with Crippen LogP contribution in [-0.4, -0.2) is 31.0 Å². The summed E-state index contributed by atoms with van der Waals surface area (Å²) in [5.74, 6) is 0.524. The Morgan fingerprint density at radius 2 is 1.65 bits per heavy atom. The minimum absolute atomic E-state index is 0.0922. The topological polar surface area (TPSA) is 3.24 Å². The van der Waals surface area contributed by atoms with Crippen LogP contribution in [0.1, 0.15) is 50.3 Å². The molecule has 0 radical (unpaired) electrons. The van der Waals surface area contributed by atoms with Crippen molar-refractivity contribution in [3.63, 3.8) is 0 Å². The predicted molar refractivity (Wildman–Crippen MR) is 81.7 cm³/mol. The van der Waals surface area contributed by atoms with Crippen LogP contribution in [0.4, 0.5) is 8.78 Å². The first-order valence-corrected chi connectivity index (χ1v) is 7.68. The zero-order valence-electron chi connectivity index (χ0n) is 13.1. The molecule has 0 amide bonds. The fraction of sp³-hybridized carbons (Fsp3) is 0.647. The van der Waals surface area contributed by atoms with Crippen LogP contribution in [0.5, 0.6) is 0 Å². The third-order valence-corrected chi connectivity index (χ3v) is 3.69. The maximum absolute atomic E-state index is 12.4. The van der Waals surface area contributed by atoms with E-state index in [1.54, 1.807) is 0 Å². The molecule has 0 atom stereocenters. The van der Waals surface area contributed by atoms with Crippen LogP contribution in [0.3, 0.4) is 0 Å². The average Bonchev–Trinajstić information content (AvgIpc) is 2.62. The van der Waals surface area contributed by atoms with E-state index in [-0.39, 0.29) is 6.54 Å². The smallest absolute Gasteiger partial charge is 0.251 e. The van der Waals surface area contributed by atoms with Gasteiger partial charge in [-0.25, -0.2) is 8.78 Å². The Morgan fingerprint density at radius 1 is 1.05 bits per heavy atom. The lowest BCUT2D eigenvalue weighted by Crippen LogP contribution is -2.31. The number of fused-ring (bicyclic) bond motifs is 1. The van der Waals surface area contributed by atoms with Crippen LogP contribution in [0, 0.1) is 0 Å². The second-order valence-corrected chi connectivity index (χ2v) is 5.37. The van der Waals surface area contributed by atoms with Crippen LogP contribution in [0.25, 0.3) is 0 Å². The number of hydrogen-bond acceptors (Lipinski definition) is 1. The number of benzene rings is 1. The van der Waals surface area contributed by atoms with Gasteiger partial charge >= 0.3 is 0 Å². The summed E-state index contributed by atoms with van der Waals surface area (Å²) < 4.78 is 24.8. The van der Waals surface area contributed by atoms with Crippen molar-refractivity contribution in [3.8, 4) is 0 Å². The Kier molecular flexibility index (Phi) is 7.14. The first kappa shape index (κ1) is 17.1. The summed E-state index contributed by atoms with van der Waals surface area (Å²) in [7, 11) is 0. The molecule has 1 aromatic carbocycles. The number of rotatable bonds is 3. The first-order valence-electron chi connectivity index (χ1n) is 7.68. The van der Waals surface area contributed by atoms with Crippen molar-refractivity contribution in [1.29, 1.82) is 0 Å². The summed E-state index contributed by atoms with van der Waals surface area (Å²) >= 11 is 0. The fourth-order valence-corrected chi connectivity index (χ4v) is 2.53. The number of hydrogen-bond donors (Lipinski definition) is 0. The Hall–Kier alpha value is -0.960. The molecule has 0 N–H and O–H groups in total. The zero-order valence-corrected chi connectivity index (χ0v) is 13.1. The van der Waals surface area contributed by atoms with E-state index in [0.29, 0.717) is 5.92 Å². The molecule has 1 aromatic rings. The van der Waals surface area contributed by atoms with E-state index in [9.17, 15) is 8.78 Å². The van der Waals surface area contributed by atoms with E-state index in [4.69, 9.17) is 0 Å². The van der Waals surface area contributed by atoms with E-state index >= 15 is 0 Å².